The van der Waals surface area contributed by atoms with Gasteiger partial charge in [-0.1, -0.05) is 0 Å². The molecule has 1 rings (SSSR count). The van der Waals surface area contributed by atoms with Crippen molar-refractivity contribution in [3.63, 3.8) is 0 Å². The maximum absolute atomic E-state index is 12.0. The molecule has 1 fully saturated rings. The van der Waals surface area contributed by atoms with Crippen LogP contribution in [0.15, 0.2) is 0 Å². The molecule has 5 nitrogen and oxygen atoms in total. The fourth-order valence-corrected chi connectivity index (χ4v) is 4.78. The van der Waals surface area contributed by atoms with Crippen molar-refractivity contribution in [2.75, 3.05) is 24.3 Å². The fraction of sp³-hybridized carbons (Fsp3) is 0.909. The van der Waals surface area contributed by atoms with Gasteiger partial charge in [-0.25, -0.2) is 8.42 Å². The predicted octanol–water partition coefficient (Wildman–Crippen LogP) is 0.450. The highest BCUT2D eigenvalue weighted by Crippen LogP contribution is 2.21. The molecule has 0 bridgehead atoms. The number of nitrogens with two attached hydrogens (primary N) is 1. The van der Waals surface area contributed by atoms with Crippen molar-refractivity contribution < 1.29 is 13.2 Å². The quantitative estimate of drug-likeness (QED) is 0.796. The molecule has 1 aliphatic rings. The minimum Gasteiger partial charge on any atom is -0.328 e. The molecule has 0 saturated carbocycles. The highest BCUT2D eigenvalue weighted by Gasteiger charge is 2.33. The smallest absolute Gasteiger partial charge is 0.223 e. The third-order valence-corrected chi connectivity index (χ3v) is 5.59. The van der Waals surface area contributed by atoms with E-state index < -0.39 is 15.2 Å². The summed E-state index contributed by atoms with van der Waals surface area (Å²) in [5.74, 6) is 1.23. The molecule has 1 aliphatic heterocycles. The van der Waals surface area contributed by atoms with Crippen LogP contribution in [0.5, 0.6) is 0 Å². The molecule has 2 N–H and O–H groups in total. The summed E-state index contributed by atoms with van der Waals surface area (Å²) in [5, 5.41) is -0.654. The summed E-state index contributed by atoms with van der Waals surface area (Å²) < 4.78 is 23.3. The van der Waals surface area contributed by atoms with Crippen LogP contribution >= 0.6 is 11.8 Å². The summed E-state index contributed by atoms with van der Waals surface area (Å²) in [6, 6.07) is 0.0837. The molecule has 0 radical (unpaired) electrons. The molecule has 1 amide bonds. The Kier molecular flexibility index (Phi) is 5.94. The molecule has 0 aromatic rings. The molecule has 7 heteroatoms. The number of hydrogen-bond donors (Lipinski definition) is 1. The lowest BCUT2D eigenvalue weighted by molar-refractivity contribution is -0.131. The molecule has 2 unspecified atom stereocenters. The standard InChI is InChI=1S/C11H22N2O3S2/c1-9(12)4-3-5-10(14)13-6-7-17-8-11(13)18(2,15)16/h9,11H,3-8,12H2,1-2H3. The Balaban J connectivity index is 2.58. The van der Waals surface area contributed by atoms with Crippen molar-refractivity contribution in [3.8, 4) is 0 Å². The molecule has 0 spiro atoms. The van der Waals surface area contributed by atoms with Gasteiger partial charge < -0.3 is 10.6 Å². The molecule has 0 aliphatic carbocycles. The molecule has 0 aromatic heterocycles. The largest absolute Gasteiger partial charge is 0.328 e. The minimum atomic E-state index is -3.20. The number of sulfone groups is 1. The molecule has 2 atom stereocenters. The van der Waals surface area contributed by atoms with Gasteiger partial charge in [0.2, 0.25) is 5.91 Å². The second kappa shape index (κ2) is 6.77. The average Bonchev–Trinajstić information content (AvgIpc) is 2.27. The Bertz CT molecular complexity index is 382. The van der Waals surface area contributed by atoms with Crippen LogP contribution in [0.3, 0.4) is 0 Å². The Hall–Kier alpha value is -0.270. The molecular formula is C11H22N2O3S2. The van der Waals surface area contributed by atoms with Crippen molar-refractivity contribution in [2.24, 2.45) is 5.73 Å². The number of thioether (sulfide) groups is 1. The monoisotopic (exact) mass is 294 g/mol. The summed E-state index contributed by atoms with van der Waals surface area (Å²) in [7, 11) is -3.20. The fourth-order valence-electron chi connectivity index (χ4n) is 1.94. The number of rotatable bonds is 5. The number of hydrogen-bond acceptors (Lipinski definition) is 5. The van der Waals surface area contributed by atoms with Crippen molar-refractivity contribution in [1.29, 1.82) is 0 Å². The van der Waals surface area contributed by atoms with E-state index in [0.717, 1.165) is 18.6 Å². The zero-order valence-corrected chi connectivity index (χ0v) is 12.6. The topological polar surface area (TPSA) is 80.5 Å². The van der Waals surface area contributed by atoms with Crippen molar-refractivity contribution in [2.45, 2.75) is 37.6 Å². The van der Waals surface area contributed by atoms with E-state index in [4.69, 9.17) is 5.73 Å². The maximum Gasteiger partial charge on any atom is 0.223 e. The first kappa shape index (κ1) is 15.8. The first-order chi connectivity index (χ1) is 8.32. The second-order valence-electron chi connectivity index (χ2n) is 4.82. The molecule has 18 heavy (non-hydrogen) atoms. The van der Waals surface area contributed by atoms with E-state index >= 15 is 0 Å². The normalized spacial score (nSPS) is 22.8. The van der Waals surface area contributed by atoms with E-state index in [1.807, 2.05) is 6.92 Å². The summed E-state index contributed by atoms with van der Waals surface area (Å²) in [4.78, 5) is 13.6. The van der Waals surface area contributed by atoms with Gasteiger partial charge in [0.25, 0.3) is 0 Å². The van der Waals surface area contributed by atoms with Gasteiger partial charge in [0.05, 0.1) is 0 Å². The lowest BCUT2D eigenvalue weighted by Gasteiger charge is -2.34. The van der Waals surface area contributed by atoms with Gasteiger partial charge in [-0.15, -0.1) is 0 Å². The first-order valence-electron chi connectivity index (χ1n) is 6.14. The van der Waals surface area contributed by atoms with Crippen LogP contribution in [0, 0.1) is 0 Å². The van der Waals surface area contributed by atoms with Crippen LogP contribution < -0.4 is 5.73 Å². The van der Waals surface area contributed by atoms with Crippen LogP contribution in [0.25, 0.3) is 0 Å². The molecular weight excluding hydrogens is 272 g/mol. The zero-order valence-electron chi connectivity index (χ0n) is 11.0. The van der Waals surface area contributed by atoms with Crippen LogP contribution in [0.1, 0.15) is 26.2 Å². The third-order valence-electron chi connectivity index (χ3n) is 2.95. The molecule has 1 saturated heterocycles. The first-order valence-corrected chi connectivity index (χ1v) is 9.25. The second-order valence-corrected chi connectivity index (χ2v) is 8.17. The van der Waals surface area contributed by atoms with Crippen molar-refractivity contribution in [3.05, 3.63) is 0 Å². The SMILES string of the molecule is CC(N)CCCC(=O)N1CCSCC1S(C)(=O)=O. The van der Waals surface area contributed by atoms with Crippen LogP contribution in [-0.4, -0.2) is 54.9 Å². The van der Waals surface area contributed by atoms with Gasteiger partial charge >= 0.3 is 0 Å². The molecule has 0 aromatic carbocycles. The maximum atomic E-state index is 12.0. The summed E-state index contributed by atoms with van der Waals surface area (Å²) >= 11 is 1.59. The molecule has 106 valence electrons. The van der Waals surface area contributed by atoms with Crippen LogP contribution in [0.2, 0.25) is 0 Å². The number of amides is 1. The van der Waals surface area contributed by atoms with E-state index in [1.165, 1.54) is 11.2 Å². The summed E-state index contributed by atoms with van der Waals surface area (Å²) in [6.07, 6.45) is 3.10. The Morgan fingerprint density at radius 2 is 2.22 bits per heavy atom. The van der Waals surface area contributed by atoms with Gasteiger partial charge in [0, 0.05) is 36.8 Å². The number of carbonyl (C=O) groups excluding carboxylic acids is 1. The third kappa shape index (κ3) is 4.78. The van der Waals surface area contributed by atoms with E-state index in [0.29, 0.717) is 18.7 Å². The van der Waals surface area contributed by atoms with E-state index in [9.17, 15) is 13.2 Å². The minimum absolute atomic E-state index is 0.0635. The van der Waals surface area contributed by atoms with Gasteiger partial charge in [-0.2, -0.15) is 11.8 Å². The van der Waals surface area contributed by atoms with E-state index in [-0.39, 0.29) is 11.9 Å². The lowest BCUT2D eigenvalue weighted by Crippen LogP contribution is -2.49. The average molecular weight is 294 g/mol. The Labute approximate surface area is 113 Å². The van der Waals surface area contributed by atoms with E-state index in [1.54, 1.807) is 11.8 Å². The van der Waals surface area contributed by atoms with Gasteiger partial charge in [-0.3, -0.25) is 4.79 Å². The van der Waals surface area contributed by atoms with Crippen molar-refractivity contribution >= 4 is 27.5 Å². The van der Waals surface area contributed by atoms with Gasteiger partial charge in [0.15, 0.2) is 9.84 Å². The zero-order chi connectivity index (χ0) is 13.8. The predicted molar refractivity (Wildman–Crippen MR) is 75.2 cm³/mol. The van der Waals surface area contributed by atoms with Gasteiger partial charge in [-0.05, 0) is 19.8 Å². The lowest BCUT2D eigenvalue weighted by atomic mass is 10.1. The van der Waals surface area contributed by atoms with Crippen molar-refractivity contribution in [1.82, 2.24) is 4.90 Å². The van der Waals surface area contributed by atoms with Crippen LogP contribution in [0.4, 0.5) is 0 Å². The summed E-state index contributed by atoms with van der Waals surface area (Å²) in [6.45, 7) is 2.43. The Morgan fingerprint density at radius 3 is 2.78 bits per heavy atom. The number of carbonyl (C=O) groups is 1. The molecule has 1 heterocycles. The van der Waals surface area contributed by atoms with E-state index in [2.05, 4.69) is 0 Å². The number of nitrogens with zero attached hydrogens (tertiary/aromatic N) is 1. The van der Waals surface area contributed by atoms with Gasteiger partial charge in [0.1, 0.15) is 5.37 Å². The Morgan fingerprint density at radius 1 is 1.56 bits per heavy atom. The highest BCUT2D eigenvalue weighted by atomic mass is 32.2. The highest BCUT2D eigenvalue weighted by molar-refractivity contribution is 8.00. The summed E-state index contributed by atoms with van der Waals surface area (Å²) in [5.41, 5.74) is 5.63. The van der Waals surface area contributed by atoms with Crippen LogP contribution in [-0.2, 0) is 14.6 Å².